The van der Waals surface area contributed by atoms with Crippen LogP contribution in [0.25, 0.3) is 0 Å². The van der Waals surface area contributed by atoms with E-state index in [1.54, 1.807) is 21.1 Å². The van der Waals surface area contributed by atoms with Crippen molar-refractivity contribution < 1.29 is 24.3 Å². The number of ketones is 1. The molecule has 0 amide bonds. The standard InChI is InChI=1S/C14H25NO4S/c1-11(20)7-5-6-8-12(16)14(19,9-13(17)18)10-15(2,3)4/h19H,5-10H2,1-4H3. The minimum Gasteiger partial charge on any atom is -0.550 e. The van der Waals surface area contributed by atoms with Crippen LogP contribution in [0.15, 0.2) is 0 Å². The molecule has 0 bridgehead atoms. The molecule has 1 atom stereocenters. The summed E-state index contributed by atoms with van der Waals surface area (Å²) in [6.07, 6.45) is 1.63. The van der Waals surface area contributed by atoms with Crippen LogP contribution in [0.1, 0.15) is 39.0 Å². The molecule has 0 aromatic rings. The van der Waals surface area contributed by atoms with Gasteiger partial charge in [0.05, 0.1) is 21.1 Å². The lowest BCUT2D eigenvalue weighted by molar-refractivity contribution is -0.875. The number of thiocarbonyl (C=S) groups is 1. The van der Waals surface area contributed by atoms with Gasteiger partial charge in [-0.25, -0.2) is 0 Å². The van der Waals surface area contributed by atoms with Crippen molar-refractivity contribution in [3.63, 3.8) is 0 Å². The van der Waals surface area contributed by atoms with E-state index in [0.717, 1.165) is 17.7 Å². The van der Waals surface area contributed by atoms with Crippen molar-refractivity contribution in [1.29, 1.82) is 0 Å². The number of hydrogen-bond acceptors (Lipinski definition) is 5. The molecule has 1 unspecified atom stereocenters. The minimum atomic E-state index is -1.86. The van der Waals surface area contributed by atoms with Crippen LogP contribution in [0.3, 0.4) is 0 Å². The summed E-state index contributed by atoms with van der Waals surface area (Å²) in [5.41, 5.74) is -1.86. The molecule has 0 aromatic heterocycles. The summed E-state index contributed by atoms with van der Waals surface area (Å²) in [7, 11) is 5.38. The fraction of sp³-hybridized carbons (Fsp3) is 0.786. The smallest absolute Gasteiger partial charge is 0.177 e. The summed E-state index contributed by atoms with van der Waals surface area (Å²) in [4.78, 5) is 23.8. The maximum absolute atomic E-state index is 12.1. The zero-order chi connectivity index (χ0) is 16.0. The fourth-order valence-electron chi connectivity index (χ4n) is 2.16. The van der Waals surface area contributed by atoms with Gasteiger partial charge in [0, 0.05) is 18.8 Å². The van der Waals surface area contributed by atoms with Gasteiger partial charge in [0.15, 0.2) is 11.4 Å². The molecule has 0 rings (SSSR count). The monoisotopic (exact) mass is 303 g/mol. The van der Waals surface area contributed by atoms with Crippen molar-refractivity contribution in [3.05, 3.63) is 0 Å². The number of hydrogen-bond donors (Lipinski definition) is 1. The Balaban J connectivity index is 4.64. The molecule has 0 aromatic carbocycles. The first-order valence-corrected chi connectivity index (χ1v) is 7.12. The van der Waals surface area contributed by atoms with Crippen LogP contribution >= 0.6 is 12.2 Å². The van der Waals surface area contributed by atoms with E-state index < -0.39 is 23.8 Å². The van der Waals surface area contributed by atoms with Crippen molar-refractivity contribution in [3.8, 4) is 0 Å². The molecule has 1 N–H and O–H groups in total. The minimum absolute atomic E-state index is 0.0476. The highest BCUT2D eigenvalue weighted by Crippen LogP contribution is 2.19. The number of unbranched alkanes of at least 4 members (excludes halogenated alkanes) is 1. The molecular formula is C14H25NO4S. The average molecular weight is 303 g/mol. The highest BCUT2D eigenvalue weighted by molar-refractivity contribution is 7.80. The molecule has 0 heterocycles. The number of Topliss-reactive ketones (excluding diaryl/α,β-unsaturated/α-hetero) is 1. The Morgan fingerprint density at radius 1 is 1.20 bits per heavy atom. The molecule has 0 saturated carbocycles. The van der Waals surface area contributed by atoms with Crippen LogP contribution in [0, 0.1) is 0 Å². The Morgan fingerprint density at radius 2 is 1.70 bits per heavy atom. The Bertz CT molecular complexity index is 376. The number of carbonyl (C=O) groups is 2. The van der Waals surface area contributed by atoms with E-state index in [2.05, 4.69) is 0 Å². The Hall–Kier alpha value is -0.850. The third kappa shape index (κ3) is 8.35. The largest absolute Gasteiger partial charge is 0.550 e. The third-order valence-electron chi connectivity index (χ3n) is 2.87. The van der Waals surface area contributed by atoms with Crippen molar-refractivity contribution in [2.75, 3.05) is 27.7 Å². The third-order valence-corrected chi connectivity index (χ3v) is 3.08. The van der Waals surface area contributed by atoms with Gasteiger partial charge in [-0.05, 0) is 31.1 Å². The number of carboxylic acid groups (broad SMARTS) is 1. The molecular weight excluding hydrogens is 278 g/mol. The Labute approximate surface area is 126 Å². The molecule has 116 valence electrons. The quantitative estimate of drug-likeness (QED) is 0.351. The number of carboxylic acids is 1. The van der Waals surface area contributed by atoms with Gasteiger partial charge in [0.25, 0.3) is 0 Å². The van der Waals surface area contributed by atoms with E-state index in [-0.39, 0.29) is 13.0 Å². The first-order chi connectivity index (χ1) is 8.96. The van der Waals surface area contributed by atoms with Crippen LogP contribution < -0.4 is 5.11 Å². The van der Waals surface area contributed by atoms with E-state index >= 15 is 0 Å². The lowest BCUT2D eigenvalue weighted by atomic mass is 9.89. The molecule has 0 radical (unpaired) electrons. The zero-order valence-electron chi connectivity index (χ0n) is 12.8. The van der Waals surface area contributed by atoms with Crippen molar-refractivity contribution >= 4 is 28.8 Å². The van der Waals surface area contributed by atoms with Crippen LogP contribution in [-0.2, 0) is 9.59 Å². The maximum atomic E-state index is 12.1. The number of nitrogens with zero attached hydrogens (tertiary/aromatic N) is 1. The lowest BCUT2D eigenvalue weighted by Crippen LogP contribution is -2.56. The summed E-state index contributed by atoms with van der Waals surface area (Å²) in [6.45, 7) is 1.90. The molecule has 0 spiro atoms. The fourth-order valence-corrected chi connectivity index (χ4v) is 2.30. The van der Waals surface area contributed by atoms with Gasteiger partial charge < -0.3 is 19.5 Å². The molecule has 0 fully saturated rings. The summed E-state index contributed by atoms with van der Waals surface area (Å²) in [5, 5.41) is 21.2. The van der Waals surface area contributed by atoms with Crippen LogP contribution in [0.2, 0.25) is 0 Å². The van der Waals surface area contributed by atoms with Gasteiger partial charge in [0.2, 0.25) is 0 Å². The predicted octanol–water partition coefficient (Wildman–Crippen LogP) is 0.0830. The molecule has 0 aliphatic heterocycles. The van der Waals surface area contributed by atoms with E-state index in [0.29, 0.717) is 10.9 Å². The van der Waals surface area contributed by atoms with Crippen molar-refractivity contribution in [1.82, 2.24) is 0 Å². The van der Waals surface area contributed by atoms with Gasteiger partial charge in [-0.15, -0.1) is 0 Å². The first kappa shape index (κ1) is 19.1. The number of aliphatic hydroxyl groups is 1. The van der Waals surface area contributed by atoms with Crippen molar-refractivity contribution in [2.24, 2.45) is 0 Å². The zero-order valence-corrected chi connectivity index (χ0v) is 13.6. The molecule has 6 heteroatoms. The van der Waals surface area contributed by atoms with E-state index in [4.69, 9.17) is 12.2 Å². The maximum Gasteiger partial charge on any atom is 0.177 e. The predicted molar refractivity (Wildman–Crippen MR) is 79.2 cm³/mol. The van der Waals surface area contributed by atoms with E-state index in [1.807, 2.05) is 6.92 Å². The van der Waals surface area contributed by atoms with E-state index in [9.17, 15) is 19.8 Å². The van der Waals surface area contributed by atoms with Gasteiger partial charge in [0.1, 0.15) is 6.54 Å². The Kier molecular flexibility index (Phi) is 7.47. The van der Waals surface area contributed by atoms with Gasteiger partial charge in [-0.1, -0.05) is 12.2 Å². The molecule has 20 heavy (non-hydrogen) atoms. The SMILES string of the molecule is CC(=S)CCCCC(=O)C(O)(CC(=O)[O-])C[N+](C)(C)C. The highest BCUT2D eigenvalue weighted by atomic mass is 32.1. The average Bonchev–Trinajstić information content (AvgIpc) is 2.19. The Morgan fingerprint density at radius 3 is 2.10 bits per heavy atom. The van der Waals surface area contributed by atoms with Gasteiger partial charge in [-0.3, -0.25) is 4.79 Å². The van der Waals surface area contributed by atoms with E-state index in [1.165, 1.54) is 0 Å². The summed E-state index contributed by atoms with van der Waals surface area (Å²) >= 11 is 4.95. The first-order valence-electron chi connectivity index (χ1n) is 6.72. The number of aliphatic carboxylic acids is 1. The summed E-state index contributed by atoms with van der Waals surface area (Å²) < 4.78 is 0.300. The topological polar surface area (TPSA) is 77.4 Å². The molecule has 0 aliphatic rings. The lowest BCUT2D eigenvalue weighted by Gasteiger charge is -2.34. The molecule has 0 aliphatic carbocycles. The molecule has 5 nitrogen and oxygen atoms in total. The van der Waals surface area contributed by atoms with Crippen LogP contribution in [-0.4, -0.2) is 59.5 Å². The second kappa shape index (κ2) is 7.81. The number of carbonyl (C=O) groups excluding carboxylic acids is 2. The summed E-state index contributed by atoms with van der Waals surface area (Å²) in [5.74, 6) is -1.85. The normalized spacial score (nSPS) is 14.7. The van der Waals surface area contributed by atoms with Crippen LogP contribution in [0.5, 0.6) is 0 Å². The number of quaternary nitrogens is 1. The van der Waals surface area contributed by atoms with Gasteiger partial charge in [-0.2, -0.15) is 0 Å². The highest BCUT2D eigenvalue weighted by Gasteiger charge is 2.40. The summed E-state index contributed by atoms with van der Waals surface area (Å²) in [6, 6.07) is 0. The second-order valence-corrected chi connectivity index (χ2v) is 7.06. The van der Waals surface area contributed by atoms with Gasteiger partial charge >= 0.3 is 0 Å². The number of likely N-dealkylation sites (N-methyl/N-ethyl adjacent to an activating group) is 1. The van der Waals surface area contributed by atoms with Crippen molar-refractivity contribution in [2.45, 2.75) is 44.6 Å². The molecule has 0 saturated heterocycles. The second-order valence-electron chi connectivity index (χ2n) is 6.36. The van der Waals surface area contributed by atoms with Crippen LogP contribution in [0.4, 0.5) is 0 Å². The number of rotatable bonds is 10.